The van der Waals surface area contributed by atoms with Crippen LogP contribution in [-0.2, 0) is 0 Å². The maximum Gasteiger partial charge on any atom is 0.312 e. The molecular weight excluding hydrogens is 250 g/mol. The maximum absolute atomic E-state index is 10.7. The minimum absolute atomic E-state index is 0.0203. The van der Waals surface area contributed by atoms with Gasteiger partial charge in [0, 0.05) is 22.8 Å². The van der Waals surface area contributed by atoms with Gasteiger partial charge in [0.2, 0.25) is 5.82 Å². The van der Waals surface area contributed by atoms with Gasteiger partial charge in [-0.3, -0.25) is 10.1 Å². The molecule has 0 aromatic carbocycles. The molecule has 1 heterocycles. The predicted molar refractivity (Wildman–Crippen MR) is 57.4 cm³/mol. The molecule has 0 aliphatic rings. The van der Waals surface area contributed by atoms with Gasteiger partial charge in [-0.2, -0.15) is 0 Å². The van der Waals surface area contributed by atoms with Crippen LogP contribution in [0.1, 0.15) is 13.8 Å². The lowest BCUT2D eigenvalue weighted by molar-refractivity contribution is -0.384. The van der Waals surface area contributed by atoms with Crippen molar-refractivity contribution in [3.8, 4) is 0 Å². The monoisotopic (exact) mass is 259 g/mol. The molecule has 0 spiro atoms. The largest absolute Gasteiger partial charge is 0.362 e. The third-order valence-electron chi connectivity index (χ3n) is 1.46. The van der Waals surface area contributed by atoms with E-state index in [4.69, 9.17) is 0 Å². The fourth-order valence-electron chi connectivity index (χ4n) is 0.952. The van der Waals surface area contributed by atoms with Crippen LogP contribution in [0.25, 0.3) is 0 Å². The second-order valence-corrected chi connectivity index (χ2v) is 3.99. The second kappa shape index (κ2) is 4.36. The highest BCUT2D eigenvalue weighted by Crippen LogP contribution is 2.25. The average Bonchev–Trinajstić information content (AvgIpc) is 2.07. The summed E-state index contributed by atoms with van der Waals surface area (Å²) in [6.45, 7) is 3.79. The van der Waals surface area contributed by atoms with Crippen LogP contribution in [0.15, 0.2) is 16.7 Å². The summed E-state index contributed by atoms with van der Waals surface area (Å²) in [7, 11) is 0. The standard InChI is InChI=1S/C8H10BrN3O2/c1-5(2)11-8-7(12(13)14)3-6(9)4-10-8/h3-5H,1-2H3,(H,10,11). The first-order valence-electron chi connectivity index (χ1n) is 4.07. The topological polar surface area (TPSA) is 68.1 Å². The first-order valence-corrected chi connectivity index (χ1v) is 4.86. The van der Waals surface area contributed by atoms with Crippen LogP contribution in [0, 0.1) is 10.1 Å². The number of rotatable bonds is 3. The fraction of sp³-hybridized carbons (Fsp3) is 0.375. The van der Waals surface area contributed by atoms with Gasteiger partial charge in [-0.25, -0.2) is 4.98 Å². The van der Waals surface area contributed by atoms with Crippen LogP contribution in [0.4, 0.5) is 11.5 Å². The van der Waals surface area contributed by atoms with E-state index in [1.165, 1.54) is 12.3 Å². The molecule has 6 heteroatoms. The van der Waals surface area contributed by atoms with Crippen molar-refractivity contribution in [1.29, 1.82) is 0 Å². The highest BCUT2D eigenvalue weighted by atomic mass is 79.9. The lowest BCUT2D eigenvalue weighted by atomic mass is 10.3. The molecule has 0 amide bonds. The Hall–Kier alpha value is -1.17. The second-order valence-electron chi connectivity index (χ2n) is 3.08. The molecule has 0 unspecified atom stereocenters. The number of aromatic nitrogens is 1. The van der Waals surface area contributed by atoms with Crippen molar-refractivity contribution in [1.82, 2.24) is 4.98 Å². The Morgan fingerprint density at radius 3 is 2.79 bits per heavy atom. The van der Waals surface area contributed by atoms with E-state index in [0.29, 0.717) is 10.3 Å². The van der Waals surface area contributed by atoms with Crippen molar-refractivity contribution in [3.63, 3.8) is 0 Å². The van der Waals surface area contributed by atoms with Gasteiger partial charge in [0.1, 0.15) is 0 Å². The van der Waals surface area contributed by atoms with Crippen LogP contribution in [-0.4, -0.2) is 15.9 Å². The molecule has 0 atom stereocenters. The molecule has 0 fully saturated rings. The van der Waals surface area contributed by atoms with Gasteiger partial charge in [-0.15, -0.1) is 0 Å². The lowest BCUT2D eigenvalue weighted by Crippen LogP contribution is -2.12. The quantitative estimate of drug-likeness (QED) is 0.669. The predicted octanol–water partition coefficient (Wildman–Crippen LogP) is 2.57. The van der Waals surface area contributed by atoms with Crippen molar-refractivity contribution in [2.75, 3.05) is 5.32 Å². The molecule has 1 aromatic heterocycles. The van der Waals surface area contributed by atoms with Crippen molar-refractivity contribution in [3.05, 3.63) is 26.9 Å². The average molecular weight is 260 g/mol. The van der Waals surface area contributed by atoms with Gasteiger partial charge < -0.3 is 5.32 Å². The molecule has 1 rings (SSSR count). The summed E-state index contributed by atoms with van der Waals surface area (Å²) < 4.78 is 0.596. The summed E-state index contributed by atoms with van der Waals surface area (Å²) in [6, 6.07) is 1.54. The van der Waals surface area contributed by atoms with Crippen LogP contribution in [0.3, 0.4) is 0 Å². The third kappa shape index (κ3) is 2.66. The Balaban J connectivity index is 3.08. The van der Waals surface area contributed by atoms with E-state index >= 15 is 0 Å². The molecule has 1 aromatic rings. The zero-order valence-corrected chi connectivity index (χ0v) is 9.41. The number of pyridine rings is 1. The number of anilines is 1. The van der Waals surface area contributed by atoms with Crippen LogP contribution < -0.4 is 5.32 Å². The van der Waals surface area contributed by atoms with Crippen molar-refractivity contribution in [2.24, 2.45) is 0 Å². The highest BCUT2D eigenvalue weighted by molar-refractivity contribution is 9.10. The molecule has 0 saturated heterocycles. The van der Waals surface area contributed by atoms with Gasteiger partial charge in [0.25, 0.3) is 0 Å². The Labute approximate surface area is 89.8 Å². The van der Waals surface area contributed by atoms with E-state index in [-0.39, 0.29) is 11.7 Å². The summed E-state index contributed by atoms with van der Waals surface area (Å²) in [6.07, 6.45) is 1.53. The van der Waals surface area contributed by atoms with Gasteiger partial charge in [0.15, 0.2) is 0 Å². The SMILES string of the molecule is CC(C)Nc1ncc(Br)cc1[N+](=O)[O-]. The number of hydrogen-bond donors (Lipinski definition) is 1. The molecule has 0 radical (unpaired) electrons. The van der Waals surface area contributed by atoms with E-state index in [2.05, 4.69) is 26.2 Å². The maximum atomic E-state index is 10.7. The molecule has 14 heavy (non-hydrogen) atoms. The van der Waals surface area contributed by atoms with Crippen LogP contribution in [0.2, 0.25) is 0 Å². The zero-order chi connectivity index (χ0) is 10.7. The van der Waals surface area contributed by atoms with E-state index in [1.807, 2.05) is 13.8 Å². The van der Waals surface area contributed by atoms with Gasteiger partial charge in [-0.1, -0.05) is 0 Å². The van der Waals surface area contributed by atoms with E-state index in [9.17, 15) is 10.1 Å². The fourth-order valence-corrected chi connectivity index (χ4v) is 1.27. The third-order valence-corrected chi connectivity index (χ3v) is 1.89. The Morgan fingerprint density at radius 2 is 2.29 bits per heavy atom. The molecular formula is C8H10BrN3O2. The van der Waals surface area contributed by atoms with E-state index in [1.54, 1.807) is 0 Å². The Bertz CT molecular complexity index is 354. The van der Waals surface area contributed by atoms with E-state index in [0.717, 1.165) is 0 Å². The first-order chi connectivity index (χ1) is 6.50. The van der Waals surface area contributed by atoms with Crippen LogP contribution in [0.5, 0.6) is 0 Å². The summed E-state index contributed by atoms with van der Waals surface area (Å²) in [5.41, 5.74) is -0.0203. The van der Waals surface area contributed by atoms with Crippen molar-refractivity contribution in [2.45, 2.75) is 19.9 Å². The normalized spacial score (nSPS) is 10.3. The molecule has 0 bridgehead atoms. The zero-order valence-electron chi connectivity index (χ0n) is 7.82. The van der Waals surface area contributed by atoms with Crippen LogP contribution >= 0.6 is 15.9 Å². The number of nitro groups is 1. The molecule has 76 valence electrons. The van der Waals surface area contributed by atoms with Gasteiger partial charge >= 0.3 is 5.69 Å². The Morgan fingerprint density at radius 1 is 1.64 bits per heavy atom. The summed E-state index contributed by atoms with van der Waals surface area (Å²) in [5, 5.41) is 13.6. The van der Waals surface area contributed by atoms with Gasteiger partial charge in [-0.05, 0) is 29.8 Å². The number of hydrogen-bond acceptors (Lipinski definition) is 4. The summed E-state index contributed by atoms with van der Waals surface area (Å²) in [5.74, 6) is 0.299. The van der Waals surface area contributed by atoms with Crippen molar-refractivity contribution < 1.29 is 4.92 Å². The molecule has 0 aliphatic carbocycles. The summed E-state index contributed by atoms with van der Waals surface area (Å²) >= 11 is 3.14. The smallest absolute Gasteiger partial charge is 0.312 e. The lowest BCUT2D eigenvalue weighted by Gasteiger charge is -2.08. The number of nitrogens with zero attached hydrogens (tertiary/aromatic N) is 2. The number of halogens is 1. The van der Waals surface area contributed by atoms with Gasteiger partial charge in [0.05, 0.1) is 4.92 Å². The minimum atomic E-state index is -0.456. The highest BCUT2D eigenvalue weighted by Gasteiger charge is 2.15. The molecule has 1 N–H and O–H groups in total. The molecule has 0 saturated carbocycles. The first kappa shape index (κ1) is 10.9. The molecule has 5 nitrogen and oxygen atoms in total. The van der Waals surface area contributed by atoms with Crippen molar-refractivity contribution >= 4 is 27.4 Å². The Kier molecular flexibility index (Phi) is 3.40. The number of nitrogens with one attached hydrogen (secondary N) is 1. The molecule has 0 aliphatic heterocycles. The minimum Gasteiger partial charge on any atom is -0.362 e. The summed E-state index contributed by atoms with van der Waals surface area (Å²) in [4.78, 5) is 14.1. The van der Waals surface area contributed by atoms with E-state index < -0.39 is 4.92 Å².